The molecule has 33 heavy (non-hydrogen) atoms. The van der Waals surface area contributed by atoms with Crippen molar-refractivity contribution >= 4 is 0 Å². The Morgan fingerprint density at radius 3 is 2.00 bits per heavy atom. The Morgan fingerprint density at radius 2 is 1.36 bits per heavy atom. The van der Waals surface area contributed by atoms with Crippen molar-refractivity contribution in [3.8, 4) is 0 Å². The van der Waals surface area contributed by atoms with Crippen LogP contribution in [0.25, 0.3) is 0 Å². The molecular weight excluding hydrogens is 452 g/mol. The molecule has 13 atom stereocenters. The van der Waals surface area contributed by atoms with Crippen molar-refractivity contribution in [2.75, 3.05) is 26.9 Å². The lowest BCUT2D eigenvalue weighted by atomic mass is 9.99. The second kappa shape index (κ2) is 11.9. The van der Waals surface area contributed by atoms with Gasteiger partial charge in [-0.15, -0.1) is 0 Å². The minimum absolute atomic E-state index is 0.0391. The molecule has 0 bridgehead atoms. The summed E-state index contributed by atoms with van der Waals surface area (Å²) < 4.78 is 32.7. The number of rotatable bonds is 8. The first-order valence-corrected chi connectivity index (χ1v) is 10.8. The van der Waals surface area contributed by atoms with E-state index in [2.05, 4.69) is 0 Å². The van der Waals surface area contributed by atoms with Crippen molar-refractivity contribution in [2.45, 2.75) is 92.8 Å². The predicted molar refractivity (Wildman–Crippen MR) is 103 cm³/mol. The van der Waals surface area contributed by atoms with Crippen LogP contribution in [0, 0.1) is 0 Å². The van der Waals surface area contributed by atoms with Crippen molar-refractivity contribution in [1.82, 2.24) is 0 Å². The van der Waals surface area contributed by atoms with Crippen LogP contribution in [0.4, 0.5) is 0 Å². The monoisotopic (exact) mass is 486 g/mol. The molecule has 0 amide bonds. The maximum absolute atomic E-state index is 10.5. The van der Waals surface area contributed by atoms with Crippen LogP contribution < -0.4 is 0 Å². The van der Waals surface area contributed by atoms with E-state index < -0.39 is 93.1 Å². The van der Waals surface area contributed by atoms with Crippen molar-refractivity contribution < 1.29 is 69.3 Å². The lowest BCUT2D eigenvalue weighted by molar-refractivity contribution is -0.337. The zero-order valence-electron chi connectivity index (χ0n) is 18.1. The Kier molecular flexibility index (Phi) is 9.76. The SMILES string of the molecule is CO[C@H]1O[C@H](CO[C@H]2O[C@H](CO)[C@@H](O)[C@H](O)[C@@H]2O)C[C@H](O[C@H]2O[C@H](CO)[C@@H](O)C[C@@H]2O)[C@@H]1O. The van der Waals surface area contributed by atoms with Gasteiger partial charge in [0.25, 0.3) is 0 Å². The van der Waals surface area contributed by atoms with Crippen molar-refractivity contribution in [3.63, 3.8) is 0 Å². The Hall–Kier alpha value is -0.560. The van der Waals surface area contributed by atoms with Gasteiger partial charge in [0, 0.05) is 20.0 Å². The summed E-state index contributed by atoms with van der Waals surface area (Å²) in [5, 5.41) is 79.0. The van der Waals surface area contributed by atoms with E-state index in [1.54, 1.807) is 0 Å². The Balaban J connectivity index is 1.60. The lowest BCUT2D eigenvalue weighted by Crippen LogP contribution is -2.60. The molecule has 3 rings (SSSR count). The highest BCUT2D eigenvalue weighted by molar-refractivity contribution is 4.90. The van der Waals surface area contributed by atoms with Gasteiger partial charge < -0.3 is 69.3 Å². The second-order valence-corrected chi connectivity index (χ2v) is 8.39. The third-order valence-corrected chi connectivity index (χ3v) is 6.03. The lowest BCUT2D eigenvalue weighted by Gasteiger charge is -2.43. The van der Waals surface area contributed by atoms with Gasteiger partial charge >= 0.3 is 0 Å². The molecule has 3 aliphatic rings. The van der Waals surface area contributed by atoms with E-state index >= 15 is 0 Å². The van der Waals surface area contributed by atoms with Crippen LogP contribution in [0.5, 0.6) is 0 Å². The van der Waals surface area contributed by atoms with Gasteiger partial charge in [-0.25, -0.2) is 0 Å². The average molecular weight is 486 g/mol. The van der Waals surface area contributed by atoms with Crippen molar-refractivity contribution in [2.24, 2.45) is 0 Å². The van der Waals surface area contributed by atoms with E-state index in [9.17, 15) is 40.9 Å². The standard InChI is InChI=1S/C19H34O14/c1-28-18-14(25)10(31-17-9(23)3-8(22)11(4-20)32-17)2-7(30-18)6-29-19-16(27)15(26)13(24)12(5-21)33-19/h7-27H,2-6H2,1H3/t7-,8-,9-,10-,11+,12+,13+,14-,15-,16-,17-,18-,19-/m0/s1. The maximum Gasteiger partial charge on any atom is 0.186 e. The molecule has 8 N–H and O–H groups in total. The summed E-state index contributed by atoms with van der Waals surface area (Å²) in [5.41, 5.74) is 0. The maximum atomic E-state index is 10.5. The third-order valence-electron chi connectivity index (χ3n) is 6.03. The van der Waals surface area contributed by atoms with Gasteiger partial charge in [-0.2, -0.15) is 0 Å². The molecule has 0 aromatic heterocycles. The Morgan fingerprint density at radius 1 is 0.697 bits per heavy atom. The minimum atomic E-state index is -1.60. The van der Waals surface area contributed by atoms with E-state index in [1.165, 1.54) is 7.11 Å². The summed E-state index contributed by atoms with van der Waals surface area (Å²) in [5.74, 6) is 0. The fourth-order valence-electron chi connectivity index (χ4n) is 4.07. The van der Waals surface area contributed by atoms with Crippen LogP contribution in [0.2, 0.25) is 0 Å². The first kappa shape index (κ1) is 27.0. The van der Waals surface area contributed by atoms with Crippen molar-refractivity contribution in [3.05, 3.63) is 0 Å². The van der Waals surface area contributed by atoms with E-state index in [-0.39, 0.29) is 19.4 Å². The molecule has 3 saturated heterocycles. The molecule has 0 aromatic carbocycles. The molecule has 0 spiro atoms. The smallest absolute Gasteiger partial charge is 0.186 e. The van der Waals surface area contributed by atoms with Crippen molar-refractivity contribution in [1.29, 1.82) is 0 Å². The number of ether oxygens (including phenoxy) is 6. The molecule has 3 heterocycles. The van der Waals surface area contributed by atoms with E-state index in [1.807, 2.05) is 0 Å². The molecule has 0 radical (unpaired) electrons. The quantitative estimate of drug-likeness (QED) is 0.161. The van der Waals surface area contributed by atoms with E-state index in [4.69, 9.17) is 28.4 Å². The van der Waals surface area contributed by atoms with Crippen LogP contribution in [0.3, 0.4) is 0 Å². The predicted octanol–water partition coefficient (Wildman–Crippen LogP) is -4.86. The van der Waals surface area contributed by atoms with Crippen LogP contribution in [-0.2, 0) is 28.4 Å². The summed E-state index contributed by atoms with van der Waals surface area (Å²) in [6.07, 6.45) is -15.8. The highest BCUT2D eigenvalue weighted by Crippen LogP contribution is 2.30. The zero-order chi connectivity index (χ0) is 24.3. The molecule has 3 fully saturated rings. The first-order valence-electron chi connectivity index (χ1n) is 10.8. The number of hydrogen-bond acceptors (Lipinski definition) is 14. The number of methoxy groups -OCH3 is 1. The molecule has 194 valence electrons. The number of aliphatic hydroxyl groups excluding tert-OH is 8. The highest BCUT2D eigenvalue weighted by Gasteiger charge is 2.46. The van der Waals surface area contributed by atoms with Gasteiger partial charge in [0.05, 0.1) is 38.1 Å². The molecular formula is C19H34O14. The van der Waals surface area contributed by atoms with Gasteiger partial charge in [0.15, 0.2) is 18.9 Å². The molecule has 0 aromatic rings. The molecule has 0 aliphatic carbocycles. The summed E-state index contributed by atoms with van der Waals surface area (Å²) >= 11 is 0. The number of aliphatic hydroxyl groups is 8. The van der Waals surface area contributed by atoms with Gasteiger partial charge in [-0.3, -0.25) is 0 Å². The molecule has 14 nitrogen and oxygen atoms in total. The molecule has 0 unspecified atom stereocenters. The Bertz CT molecular complexity index is 595. The van der Waals surface area contributed by atoms with Crippen LogP contribution in [0.1, 0.15) is 12.8 Å². The van der Waals surface area contributed by atoms with Crippen LogP contribution in [-0.4, -0.2) is 148 Å². The summed E-state index contributed by atoms with van der Waals surface area (Å²) in [6, 6.07) is 0. The fourth-order valence-corrected chi connectivity index (χ4v) is 4.07. The van der Waals surface area contributed by atoms with Crippen LogP contribution >= 0.6 is 0 Å². The van der Waals surface area contributed by atoms with Gasteiger partial charge in [0.1, 0.15) is 42.7 Å². The molecule has 14 heteroatoms. The van der Waals surface area contributed by atoms with Gasteiger partial charge in [0.2, 0.25) is 0 Å². The zero-order valence-corrected chi connectivity index (χ0v) is 18.1. The average Bonchev–Trinajstić information content (AvgIpc) is 2.80. The number of hydrogen-bond donors (Lipinski definition) is 8. The second-order valence-electron chi connectivity index (χ2n) is 8.39. The topological polar surface area (TPSA) is 217 Å². The normalized spacial score (nSPS) is 49.2. The third kappa shape index (κ3) is 6.17. The largest absolute Gasteiger partial charge is 0.394 e. The van der Waals surface area contributed by atoms with Crippen LogP contribution in [0.15, 0.2) is 0 Å². The fraction of sp³-hybridized carbons (Fsp3) is 1.00. The van der Waals surface area contributed by atoms with E-state index in [0.717, 1.165) is 0 Å². The van der Waals surface area contributed by atoms with Gasteiger partial charge in [-0.05, 0) is 0 Å². The molecule has 3 aliphatic heterocycles. The first-order chi connectivity index (χ1) is 15.7. The summed E-state index contributed by atoms with van der Waals surface area (Å²) in [6.45, 7) is -1.30. The summed E-state index contributed by atoms with van der Waals surface area (Å²) in [4.78, 5) is 0. The summed E-state index contributed by atoms with van der Waals surface area (Å²) in [7, 11) is 1.30. The van der Waals surface area contributed by atoms with E-state index in [0.29, 0.717) is 0 Å². The van der Waals surface area contributed by atoms with Gasteiger partial charge in [-0.1, -0.05) is 0 Å². The highest BCUT2D eigenvalue weighted by atomic mass is 16.7. The molecule has 0 saturated carbocycles. The minimum Gasteiger partial charge on any atom is -0.394 e. The Labute approximate surface area is 189 Å².